The highest BCUT2D eigenvalue weighted by atomic mass is 16.3. The molecule has 0 aliphatic heterocycles. The summed E-state index contributed by atoms with van der Waals surface area (Å²) in [5.41, 5.74) is 0.714. The van der Waals surface area contributed by atoms with Gasteiger partial charge in [-0.2, -0.15) is 0 Å². The molecule has 1 heterocycles. The second-order valence-electron chi connectivity index (χ2n) is 4.39. The molecular weight excluding hydrogens is 230 g/mol. The first kappa shape index (κ1) is 12.6. The Morgan fingerprint density at radius 2 is 2.22 bits per heavy atom. The van der Waals surface area contributed by atoms with Crippen LogP contribution in [0.2, 0.25) is 0 Å². The van der Waals surface area contributed by atoms with Gasteiger partial charge in [-0.05, 0) is 31.9 Å². The lowest BCUT2D eigenvalue weighted by Crippen LogP contribution is -2.32. The summed E-state index contributed by atoms with van der Waals surface area (Å²) in [6, 6.07) is 9.29. The molecule has 2 N–H and O–H groups in total. The fourth-order valence-corrected chi connectivity index (χ4v) is 1.86. The van der Waals surface area contributed by atoms with Crippen LogP contribution in [0.5, 0.6) is 0 Å². The molecule has 4 nitrogen and oxygen atoms in total. The summed E-state index contributed by atoms with van der Waals surface area (Å²) in [6.07, 6.45) is 1.43. The van der Waals surface area contributed by atoms with Crippen molar-refractivity contribution in [3.05, 3.63) is 36.1 Å². The number of carbonyl (C=O) groups is 1. The number of para-hydroxylation sites is 1. The maximum absolute atomic E-state index is 11.9. The molecule has 1 atom stereocenters. The van der Waals surface area contributed by atoms with E-state index in [4.69, 9.17) is 9.52 Å². The molecule has 0 fully saturated rings. The molecular formula is C14H17NO3. The minimum absolute atomic E-state index is 0.0258. The third kappa shape index (κ3) is 2.90. The van der Waals surface area contributed by atoms with E-state index in [1.807, 2.05) is 31.2 Å². The standard InChI is InChI=1S/C14H17NO3/c1-10(5-4-8-16)15-14(17)13-9-11-6-2-3-7-12(11)18-13/h2-3,6-7,9-10,16H,4-5,8H2,1H3,(H,15,17). The molecule has 2 aromatic rings. The minimum Gasteiger partial charge on any atom is -0.451 e. The molecule has 0 saturated heterocycles. The number of fused-ring (bicyclic) bond motifs is 1. The molecule has 1 unspecified atom stereocenters. The molecule has 4 heteroatoms. The summed E-state index contributed by atoms with van der Waals surface area (Å²) in [7, 11) is 0. The fraction of sp³-hybridized carbons (Fsp3) is 0.357. The van der Waals surface area contributed by atoms with Crippen LogP contribution >= 0.6 is 0 Å². The molecule has 1 aromatic heterocycles. The lowest BCUT2D eigenvalue weighted by atomic mass is 10.2. The van der Waals surface area contributed by atoms with Crippen LogP contribution in [0.4, 0.5) is 0 Å². The van der Waals surface area contributed by atoms with Gasteiger partial charge in [0.25, 0.3) is 5.91 Å². The number of benzene rings is 1. The molecule has 0 aliphatic rings. The van der Waals surface area contributed by atoms with Crippen LogP contribution in [0.25, 0.3) is 11.0 Å². The highest BCUT2D eigenvalue weighted by molar-refractivity contribution is 5.96. The average molecular weight is 247 g/mol. The van der Waals surface area contributed by atoms with Crippen molar-refractivity contribution in [3.8, 4) is 0 Å². The Kier molecular flexibility index (Phi) is 3.99. The third-order valence-corrected chi connectivity index (χ3v) is 2.82. The van der Waals surface area contributed by atoms with E-state index in [-0.39, 0.29) is 18.6 Å². The Labute approximate surface area is 106 Å². The number of aliphatic hydroxyl groups is 1. The van der Waals surface area contributed by atoms with E-state index >= 15 is 0 Å². The third-order valence-electron chi connectivity index (χ3n) is 2.82. The summed E-state index contributed by atoms with van der Waals surface area (Å²) in [4.78, 5) is 11.9. The van der Waals surface area contributed by atoms with E-state index < -0.39 is 0 Å². The maximum atomic E-state index is 11.9. The summed E-state index contributed by atoms with van der Waals surface area (Å²) in [5, 5.41) is 12.5. The second-order valence-corrected chi connectivity index (χ2v) is 4.39. The van der Waals surface area contributed by atoms with Gasteiger partial charge in [-0.1, -0.05) is 18.2 Å². The number of hydrogen-bond acceptors (Lipinski definition) is 3. The zero-order valence-corrected chi connectivity index (χ0v) is 10.3. The molecule has 18 heavy (non-hydrogen) atoms. The summed E-state index contributed by atoms with van der Waals surface area (Å²) >= 11 is 0. The minimum atomic E-state index is -0.211. The monoisotopic (exact) mass is 247 g/mol. The topological polar surface area (TPSA) is 62.5 Å². The lowest BCUT2D eigenvalue weighted by Gasteiger charge is -2.11. The summed E-state index contributed by atoms with van der Waals surface area (Å²) in [5.74, 6) is 0.115. The number of hydrogen-bond donors (Lipinski definition) is 2. The van der Waals surface area contributed by atoms with Crippen LogP contribution in [0, 0.1) is 0 Å². The van der Waals surface area contributed by atoms with Crippen LogP contribution < -0.4 is 5.32 Å². The lowest BCUT2D eigenvalue weighted by molar-refractivity contribution is 0.0910. The molecule has 2 rings (SSSR count). The predicted octanol–water partition coefficient (Wildman–Crippen LogP) is 2.32. The Balaban J connectivity index is 2.04. The van der Waals surface area contributed by atoms with E-state index in [0.29, 0.717) is 17.8 Å². The number of furan rings is 1. The van der Waals surface area contributed by atoms with Crippen molar-refractivity contribution in [1.29, 1.82) is 0 Å². The molecule has 0 saturated carbocycles. The number of rotatable bonds is 5. The van der Waals surface area contributed by atoms with Gasteiger partial charge in [-0.3, -0.25) is 4.79 Å². The van der Waals surface area contributed by atoms with Gasteiger partial charge in [0.1, 0.15) is 5.58 Å². The Morgan fingerprint density at radius 3 is 2.94 bits per heavy atom. The van der Waals surface area contributed by atoms with Crippen molar-refractivity contribution in [2.45, 2.75) is 25.8 Å². The smallest absolute Gasteiger partial charge is 0.287 e. The zero-order chi connectivity index (χ0) is 13.0. The van der Waals surface area contributed by atoms with Gasteiger partial charge in [0, 0.05) is 18.0 Å². The Bertz CT molecular complexity index is 500. The van der Waals surface area contributed by atoms with E-state index in [9.17, 15) is 4.79 Å². The quantitative estimate of drug-likeness (QED) is 0.852. The van der Waals surface area contributed by atoms with Crippen LogP contribution in [0.1, 0.15) is 30.3 Å². The van der Waals surface area contributed by atoms with Gasteiger partial charge in [-0.15, -0.1) is 0 Å². The van der Waals surface area contributed by atoms with Crippen molar-refractivity contribution >= 4 is 16.9 Å². The van der Waals surface area contributed by atoms with E-state index in [0.717, 1.165) is 11.8 Å². The van der Waals surface area contributed by atoms with Gasteiger partial charge >= 0.3 is 0 Å². The van der Waals surface area contributed by atoms with Crippen molar-refractivity contribution in [3.63, 3.8) is 0 Å². The highest BCUT2D eigenvalue weighted by Gasteiger charge is 2.14. The van der Waals surface area contributed by atoms with Gasteiger partial charge in [-0.25, -0.2) is 0 Å². The highest BCUT2D eigenvalue weighted by Crippen LogP contribution is 2.18. The van der Waals surface area contributed by atoms with Gasteiger partial charge in [0.2, 0.25) is 0 Å². The summed E-state index contributed by atoms with van der Waals surface area (Å²) in [6.45, 7) is 2.06. The largest absolute Gasteiger partial charge is 0.451 e. The molecule has 0 bridgehead atoms. The first-order valence-electron chi connectivity index (χ1n) is 6.11. The van der Waals surface area contributed by atoms with Crippen LogP contribution in [0.15, 0.2) is 34.7 Å². The molecule has 96 valence electrons. The number of carbonyl (C=O) groups excluding carboxylic acids is 1. The normalized spacial score (nSPS) is 12.6. The van der Waals surface area contributed by atoms with Gasteiger partial charge < -0.3 is 14.8 Å². The number of nitrogens with one attached hydrogen (secondary N) is 1. The first-order valence-corrected chi connectivity index (χ1v) is 6.11. The SMILES string of the molecule is CC(CCCO)NC(=O)c1cc2ccccc2o1. The molecule has 0 radical (unpaired) electrons. The van der Waals surface area contributed by atoms with E-state index in [1.165, 1.54) is 0 Å². The van der Waals surface area contributed by atoms with Crippen LogP contribution in [-0.4, -0.2) is 23.7 Å². The predicted molar refractivity (Wildman–Crippen MR) is 69.5 cm³/mol. The zero-order valence-electron chi connectivity index (χ0n) is 10.3. The second kappa shape index (κ2) is 5.69. The van der Waals surface area contributed by atoms with E-state index in [1.54, 1.807) is 6.07 Å². The van der Waals surface area contributed by atoms with Crippen molar-refractivity contribution < 1.29 is 14.3 Å². The molecule has 0 spiro atoms. The van der Waals surface area contributed by atoms with Crippen LogP contribution in [-0.2, 0) is 0 Å². The van der Waals surface area contributed by atoms with Gasteiger partial charge in [0.15, 0.2) is 5.76 Å². The van der Waals surface area contributed by atoms with Crippen molar-refractivity contribution in [2.24, 2.45) is 0 Å². The number of aliphatic hydroxyl groups excluding tert-OH is 1. The fourth-order valence-electron chi connectivity index (χ4n) is 1.86. The molecule has 1 aromatic carbocycles. The average Bonchev–Trinajstić information content (AvgIpc) is 2.80. The molecule has 1 amide bonds. The Morgan fingerprint density at radius 1 is 1.44 bits per heavy atom. The van der Waals surface area contributed by atoms with Crippen molar-refractivity contribution in [2.75, 3.05) is 6.61 Å². The maximum Gasteiger partial charge on any atom is 0.287 e. The van der Waals surface area contributed by atoms with Crippen molar-refractivity contribution in [1.82, 2.24) is 5.32 Å². The molecule has 0 aliphatic carbocycles. The number of amides is 1. The first-order chi connectivity index (χ1) is 8.70. The summed E-state index contributed by atoms with van der Waals surface area (Å²) < 4.78 is 5.47. The van der Waals surface area contributed by atoms with Crippen LogP contribution in [0.3, 0.4) is 0 Å². The van der Waals surface area contributed by atoms with E-state index in [2.05, 4.69) is 5.32 Å². The Hall–Kier alpha value is -1.81. The van der Waals surface area contributed by atoms with Gasteiger partial charge in [0.05, 0.1) is 0 Å².